The zero-order chi connectivity index (χ0) is 19.7. The van der Waals surface area contributed by atoms with Crippen LogP contribution in [0.4, 0.5) is 0 Å². The smallest absolute Gasteiger partial charge is 0.870 e. The van der Waals surface area contributed by atoms with Gasteiger partial charge in [-0.25, -0.2) is 0 Å². The summed E-state index contributed by atoms with van der Waals surface area (Å²) in [7, 11) is -4.24. The Morgan fingerprint density at radius 2 is 1.54 bits per heavy atom. The summed E-state index contributed by atoms with van der Waals surface area (Å²) in [6.45, 7) is 2.21. The fraction of sp³-hybridized carbons (Fsp3) is 0.429. The van der Waals surface area contributed by atoms with E-state index in [1.807, 2.05) is 6.07 Å². The molecule has 28 heavy (non-hydrogen) atoms. The first-order chi connectivity index (χ1) is 12.9. The Balaban J connectivity index is 0.00000392. The Morgan fingerprint density at radius 1 is 0.929 bits per heavy atom. The Hall–Kier alpha value is -1.05. The minimum absolute atomic E-state index is 0. The minimum Gasteiger partial charge on any atom is -0.870 e. The molecule has 148 valence electrons. The molecule has 0 unspecified atom stereocenters. The van der Waals surface area contributed by atoms with Crippen molar-refractivity contribution in [3.63, 3.8) is 0 Å². The quantitative estimate of drug-likeness (QED) is 0.346. The van der Waals surface area contributed by atoms with Gasteiger partial charge in [0.1, 0.15) is 11.5 Å². The van der Waals surface area contributed by atoms with Crippen LogP contribution in [0, 0.1) is 0 Å². The second-order valence-corrected chi connectivity index (χ2v) is 8.12. The maximum Gasteiger partial charge on any atom is 1.00 e. The molecule has 0 bridgehead atoms. The molecule has 0 saturated heterocycles. The van der Waals surface area contributed by atoms with Gasteiger partial charge in [0.25, 0.3) is 10.1 Å². The van der Waals surface area contributed by atoms with Gasteiger partial charge in [0.15, 0.2) is 0 Å². The first-order valence-electron chi connectivity index (χ1n) is 9.45. The molecule has 0 amide bonds. The summed E-state index contributed by atoms with van der Waals surface area (Å²) in [5, 5.41) is 12.2. The van der Waals surface area contributed by atoms with Crippen molar-refractivity contribution in [1.29, 1.82) is 0 Å². The predicted octanol–water partition coefficient (Wildman–Crippen LogP) is 2.10. The van der Waals surface area contributed by atoms with Crippen molar-refractivity contribution in [3.8, 4) is 17.2 Å². The van der Waals surface area contributed by atoms with E-state index in [1.54, 1.807) is 12.1 Å². The molecule has 7 heteroatoms. The van der Waals surface area contributed by atoms with Gasteiger partial charge in [0.05, 0.1) is 4.90 Å². The molecule has 0 fully saturated rings. The van der Waals surface area contributed by atoms with E-state index < -0.39 is 10.1 Å². The standard InChI is InChI=1S/C21H28O5S.Na/c1-2-3-4-5-6-7-8-9-17-10-15-21(20(22)16-17)26-18-11-13-19(14-12-18)27(23,24)25;/h10-16,22H,2-9H2,1H3,(H,23,24,25);/q;+1/p-1. The van der Waals surface area contributed by atoms with Crippen LogP contribution in [0.5, 0.6) is 17.2 Å². The van der Waals surface area contributed by atoms with Crippen molar-refractivity contribution in [1.82, 2.24) is 0 Å². The zero-order valence-corrected chi connectivity index (χ0v) is 19.5. The van der Waals surface area contributed by atoms with Crippen LogP contribution in [0.15, 0.2) is 47.4 Å². The molecular formula is C21H27NaO5S. The van der Waals surface area contributed by atoms with Crippen molar-refractivity contribution < 1.29 is 52.4 Å². The topological polar surface area (TPSA) is 86.7 Å². The minimum atomic E-state index is -4.24. The Morgan fingerprint density at radius 3 is 2.11 bits per heavy atom. The van der Waals surface area contributed by atoms with Crippen molar-refractivity contribution >= 4 is 10.1 Å². The van der Waals surface area contributed by atoms with Crippen molar-refractivity contribution in [2.45, 2.75) is 63.2 Å². The molecule has 0 aliphatic carbocycles. The average molecular weight is 414 g/mol. The van der Waals surface area contributed by atoms with Gasteiger partial charge < -0.3 is 9.84 Å². The number of ether oxygens (including phenoxy) is 1. The summed E-state index contributed by atoms with van der Waals surface area (Å²) < 4.78 is 36.6. The summed E-state index contributed by atoms with van der Waals surface area (Å²) in [6.07, 6.45) is 9.52. The third-order valence-corrected chi connectivity index (χ3v) is 5.29. The fourth-order valence-electron chi connectivity index (χ4n) is 2.89. The summed E-state index contributed by atoms with van der Waals surface area (Å²) in [6, 6.07) is 10.4. The second kappa shape index (κ2) is 12.5. The monoisotopic (exact) mass is 414 g/mol. The van der Waals surface area contributed by atoms with Gasteiger partial charge in [-0.2, -0.15) is 8.42 Å². The molecule has 2 aromatic rings. The first kappa shape index (κ1) is 25.0. The van der Waals surface area contributed by atoms with Gasteiger partial charge in [-0.05, 0) is 48.7 Å². The van der Waals surface area contributed by atoms with Crippen molar-refractivity contribution in [2.75, 3.05) is 0 Å². The molecule has 0 saturated carbocycles. The van der Waals surface area contributed by atoms with E-state index in [4.69, 9.17) is 9.29 Å². The number of benzene rings is 2. The molecule has 2 aromatic carbocycles. The van der Waals surface area contributed by atoms with Crippen LogP contribution in [-0.4, -0.2) is 13.0 Å². The van der Waals surface area contributed by atoms with Gasteiger partial charge >= 0.3 is 29.6 Å². The Bertz CT molecular complexity index is 819. The Labute approximate surface area is 190 Å². The van der Waals surface area contributed by atoms with Gasteiger partial charge in [-0.3, -0.25) is 4.55 Å². The molecule has 0 atom stereocenters. The number of hydrogen-bond acceptors (Lipinski definition) is 4. The first-order valence-corrected chi connectivity index (χ1v) is 10.9. The van der Waals surface area contributed by atoms with Gasteiger partial charge in [-0.1, -0.05) is 63.3 Å². The van der Waals surface area contributed by atoms with Gasteiger partial charge in [0.2, 0.25) is 0 Å². The molecule has 0 heterocycles. The fourth-order valence-corrected chi connectivity index (χ4v) is 3.37. The average Bonchev–Trinajstić information content (AvgIpc) is 2.63. The van der Waals surface area contributed by atoms with Gasteiger partial charge in [-0.15, -0.1) is 0 Å². The molecular weight excluding hydrogens is 387 g/mol. The third-order valence-electron chi connectivity index (χ3n) is 4.43. The van der Waals surface area contributed by atoms with Gasteiger partial charge in [0, 0.05) is 0 Å². The van der Waals surface area contributed by atoms with Crippen LogP contribution in [0.25, 0.3) is 0 Å². The predicted molar refractivity (Wildman–Crippen MR) is 104 cm³/mol. The SMILES string of the molecule is CCCCCCCCCc1ccc(Oc2ccc(S(=O)(=O)O)cc2)c([O-])c1.[Na+]. The van der Waals surface area contributed by atoms with Crippen LogP contribution in [0.3, 0.4) is 0 Å². The molecule has 5 nitrogen and oxygen atoms in total. The summed E-state index contributed by atoms with van der Waals surface area (Å²) in [5.74, 6) is 0.326. The largest absolute Gasteiger partial charge is 1.00 e. The van der Waals surface area contributed by atoms with E-state index in [1.165, 1.54) is 62.8 Å². The number of rotatable bonds is 11. The molecule has 0 aromatic heterocycles. The maximum atomic E-state index is 12.2. The van der Waals surface area contributed by atoms with Crippen molar-refractivity contribution in [3.05, 3.63) is 48.0 Å². The summed E-state index contributed by atoms with van der Waals surface area (Å²) in [4.78, 5) is -0.220. The maximum absolute atomic E-state index is 12.2. The van der Waals surface area contributed by atoms with E-state index in [0.29, 0.717) is 5.75 Å². The number of unbranched alkanes of at least 4 members (excludes halogenated alkanes) is 6. The van der Waals surface area contributed by atoms with Crippen molar-refractivity contribution in [2.24, 2.45) is 0 Å². The molecule has 0 spiro atoms. The normalized spacial score (nSPS) is 11.1. The van der Waals surface area contributed by atoms with E-state index >= 15 is 0 Å². The summed E-state index contributed by atoms with van der Waals surface area (Å²) in [5.41, 5.74) is 1.00. The van der Waals surface area contributed by atoms with E-state index in [0.717, 1.165) is 18.4 Å². The van der Waals surface area contributed by atoms with Crippen LogP contribution < -0.4 is 39.4 Å². The Kier molecular flexibility index (Phi) is 11.2. The van der Waals surface area contributed by atoms with E-state index in [9.17, 15) is 13.5 Å². The van der Waals surface area contributed by atoms with Crippen LogP contribution in [0.2, 0.25) is 0 Å². The zero-order valence-electron chi connectivity index (χ0n) is 16.7. The molecule has 0 aliphatic heterocycles. The number of hydrogen-bond donors (Lipinski definition) is 1. The second-order valence-electron chi connectivity index (χ2n) is 6.70. The van der Waals surface area contributed by atoms with E-state index in [-0.39, 0.29) is 46.0 Å². The number of aryl methyl sites for hydroxylation is 1. The third kappa shape index (κ3) is 8.53. The molecule has 0 aliphatic rings. The van der Waals surface area contributed by atoms with Crippen LogP contribution in [-0.2, 0) is 16.5 Å². The van der Waals surface area contributed by atoms with Crippen LogP contribution >= 0.6 is 0 Å². The van der Waals surface area contributed by atoms with E-state index in [2.05, 4.69) is 6.92 Å². The summed E-state index contributed by atoms with van der Waals surface area (Å²) >= 11 is 0. The van der Waals surface area contributed by atoms with Crippen LogP contribution in [0.1, 0.15) is 57.4 Å². The molecule has 0 radical (unpaired) electrons. The molecule has 1 N–H and O–H groups in total. The molecule has 2 rings (SSSR count).